The van der Waals surface area contributed by atoms with E-state index in [1.165, 1.54) is 0 Å². The van der Waals surface area contributed by atoms with Crippen molar-refractivity contribution in [3.63, 3.8) is 0 Å². The first-order valence-corrected chi connectivity index (χ1v) is 2.52. The van der Waals surface area contributed by atoms with E-state index >= 15 is 0 Å². The standard InChI is InChI=1S/C5H7N3O/c1-3-2-4(5(6)9)8-7-3/h2H,1H3,(H2,6,9)(H,7,8). The molecule has 0 fully saturated rings. The third kappa shape index (κ3) is 1.07. The minimum absolute atomic E-state index is 0.354. The van der Waals surface area contributed by atoms with Gasteiger partial charge in [-0.1, -0.05) is 0 Å². The van der Waals surface area contributed by atoms with Gasteiger partial charge in [-0.2, -0.15) is 5.10 Å². The number of rotatable bonds is 1. The molecule has 0 saturated carbocycles. The number of nitrogens with one attached hydrogen (secondary N) is 1. The summed E-state index contributed by atoms with van der Waals surface area (Å²) in [6.07, 6.45) is 0. The van der Waals surface area contributed by atoms with E-state index in [1.807, 2.05) is 0 Å². The Morgan fingerprint density at radius 1 is 1.89 bits per heavy atom. The van der Waals surface area contributed by atoms with Crippen molar-refractivity contribution in [2.75, 3.05) is 0 Å². The van der Waals surface area contributed by atoms with Gasteiger partial charge in [0.1, 0.15) is 5.69 Å². The van der Waals surface area contributed by atoms with Crippen molar-refractivity contribution in [1.82, 2.24) is 10.2 Å². The van der Waals surface area contributed by atoms with Crippen molar-refractivity contribution < 1.29 is 4.79 Å². The Kier molecular flexibility index (Phi) is 1.22. The molecule has 0 aliphatic rings. The number of hydrogen-bond donors (Lipinski definition) is 2. The molecule has 0 bridgehead atoms. The fraction of sp³-hybridized carbons (Fsp3) is 0.200. The number of aryl methyl sites for hydroxylation is 1. The average Bonchev–Trinajstić information content (AvgIpc) is 2.14. The fourth-order valence-corrected chi connectivity index (χ4v) is 0.548. The average molecular weight is 125 g/mol. The third-order valence-electron chi connectivity index (χ3n) is 0.971. The van der Waals surface area contributed by atoms with Crippen LogP contribution in [-0.4, -0.2) is 16.1 Å². The molecule has 0 radical (unpaired) electrons. The number of aromatic nitrogens is 2. The van der Waals surface area contributed by atoms with Crippen LogP contribution in [0.2, 0.25) is 0 Å². The molecule has 0 unspecified atom stereocenters. The van der Waals surface area contributed by atoms with Crippen LogP contribution in [0.25, 0.3) is 0 Å². The lowest BCUT2D eigenvalue weighted by Gasteiger charge is -1.80. The number of hydrogen-bond acceptors (Lipinski definition) is 2. The highest BCUT2D eigenvalue weighted by atomic mass is 16.1. The van der Waals surface area contributed by atoms with E-state index < -0.39 is 5.91 Å². The van der Waals surface area contributed by atoms with Gasteiger partial charge in [0.25, 0.3) is 5.91 Å². The van der Waals surface area contributed by atoms with E-state index in [0.29, 0.717) is 5.69 Å². The first-order chi connectivity index (χ1) is 4.20. The predicted molar refractivity (Wildman–Crippen MR) is 31.8 cm³/mol. The summed E-state index contributed by atoms with van der Waals surface area (Å²) in [6.45, 7) is 1.78. The molecule has 1 rings (SSSR count). The Labute approximate surface area is 52.1 Å². The van der Waals surface area contributed by atoms with Gasteiger partial charge in [0, 0.05) is 0 Å². The second-order valence-corrected chi connectivity index (χ2v) is 1.79. The molecular formula is C5H7N3O. The molecule has 3 N–H and O–H groups in total. The van der Waals surface area contributed by atoms with Crippen molar-refractivity contribution in [1.29, 1.82) is 0 Å². The monoisotopic (exact) mass is 125 g/mol. The summed E-state index contributed by atoms with van der Waals surface area (Å²) < 4.78 is 0. The molecule has 4 nitrogen and oxygen atoms in total. The van der Waals surface area contributed by atoms with Gasteiger partial charge < -0.3 is 5.73 Å². The highest BCUT2D eigenvalue weighted by molar-refractivity contribution is 5.90. The summed E-state index contributed by atoms with van der Waals surface area (Å²) >= 11 is 0. The number of H-pyrrole nitrogens is 1. The van der Waals surface area contributed by atoms with Crippen LogP contribution >= 0.6 is 0 Å². The number of amides is 1. The SMILES string of the molecule is Cc1cc(C(N)=O)[nH]n1. The Morgan fingerprint density at radius 2 is 2.56 bits per heavy atom. The zero-order valence-electron chi connectivity index (χ0n) is 5.01. The quantitative estimate of drug-likeness (QED) is 0.546. The van der Waals surface area contributed by atoms with E-state index in [1.54, 1.807) is 13.0 Å². The zero-order chi connectivity index (χ0) is 6.85. The number of nitrogens with two attached hydrogens (primary N) is 1. The normalized spacial score (nSPS) is 9.44. The number of carbonyl (C=O) groups excluding carboxylic acids is 1. The van der Waals surface area contributed by atoms with Crippen LogP contribution in [0.4, 0.5) is 0 Å². The maximum Gasteiger partial charge on any atom is 0.266 e. The minimum Gasteiger partial charge on any atom is -0.364 e. The molecule has 0 aromatic carbocycles. The second kappa shape index (κ2) is 1.89. The van der Waals surface area contributed by atoms with Crippen LogP contribution in [-0.2, 0) is 0 Å². The summed E-state index contributed by atoms with van der Waals surface area (Å²) in [4.78, 5) is 10.4. The van der Waals surface area contributed by atoms with Crippen molar-refractivity contribution in [2.45, 2.75) is 6.92 Å². The van der Waals surface area contributed by atoms with Gasteiger partial charge in [-0.25, -0.2) is 0 Å². The fourth-order valence-electron chi connectivity index (χ4n) is 0.548. The van der Waals surface area contributed by atoms with Gasteiger partial charge in [-0.15, -0.1) is 0 Å². The third-order valence-corrected chi connectivity index (χ3v) is 0.971. The predicted octanol–water partition coefficient (Wildman–Crippen LogP) is -0.183. The van der Waals surface area contributed by atoms with Crippen molar-refractivity contribution in [3.8, 4) is 0 Å². The first-order valence-electron chi connectivity index (χ1n) is 2.52. The molecule has 4 heteroatoms. The topological polar surface area (TPSA) is 71.8 Å². The van der Waals surface area contributed by atoms with Crippen LogP contribution in [0.3, 0.4) is 0 Å². The molecule has 48 valence electrons. The molecule has 0 aliphatic carbocycles. The van der Waals surface area contributed by atoms with Crippen LogP contribution in [0, 0.1) is 6.92 Å². The van der Waals surface area contributed by atoms with Gasteiger partial charge in [0.15, 0.2) is 0 Å². The number of nitrogens with zero attached hydrogens (tertiary/aromatic N) is 1. The number of aromatic amines is 1. The molecule has 0 saturated heterocycles. The lowest BCUT2D eigenvalue weighted by molar-refractivity contribution is 0.0995. The molecule has 1 aromatic rings. The lowest BCUT2D eigenvalue weighted by Crippen LogP contribution is -2.10. The molecule has 1 amide bonds. The molecule has 1 heterocycles. The maximum atomic E-state index is 10.4. The summed E-state index contributed by atoms with van der Waals surface area (Å²) in [7, 11) is 0. The van der Waals surface area contributed by atoms with E-state index in [0.717, 1.165) is 5.69 Å². The highest BCUT2D eigenvalue weighted by Gasteiger charge is 2.00. The smallest absolute Gasteiger partial charge is 0.266 e. The van der Waals surface area contributed by atoms with E-state index in [-0.39, 0.29) is 0 Å². The van der Waals surface area contributed by atoms with Gasteiger partial charge in [-0.05, 0) is 13.0 Å². The molecule has 0 aliphatic heterocycles. The van der Waals surface area contributed by atoms with E-state index in [2.05, 4.69) is 10.2 Å². The number of primary amides is 1. The van der Waals surface area contributed by atoms with Gasteiger partial charge in [0.2, 0.25) is 0 Å². The Morgan fingerprint density at radius 3 is 2.78 bits per heavy atom. The molecule has 9 heavy (non-hydrogen) atoms. The maximum absolute atomic E-state index is 10.4. The summed E-state index contributed by atoms with van der Waals surface area (Å²) in [6, 6.07) is 1.60. The van der Waals surface area contributed by atoms with E-state index in [9.17, 15) is 4.79 Å². The first kappa shape index (κ1) is 5.81. The van der Waals surface area contributed by atoms with Gasteiger partial charge >= 0.3 is 0 Å². The zero-order valence-corrected chi connectivity index (χ0v) is 5.01. The van der Waals surface area contributed by atoms with Crippen molar-refractivity contribution >= 4 is 5.91 Å². The van der Waals surface area contributed by atoms with Crippen LogP contribution < -0.4 is 5.73 Å². The second-order valence-electron chi connectivity index (χ2n) is 1.79. The Bertz CT molecular complexity index is 228. The Balaban J connectivity index is 2.98. The van der Waals surface area contributed by atoms with Gasteiger partial charge in [0.05, 0.1) is 5.69 Å². The summed E-state index contributed by atoms with van der Waals surface area (Å²) in [5.74, 6) is -0.476. The van der Waals surface area contributed by atoms with Crippen LogP contribution in [0.5, 0.6) is 0 Å². The van der Waals surface area contributed by atoms with Crippen LogP contribution in [0.15, 0.2) is 6.07 Å². The van der Waals surface area contributed by atoms with Crippen molar-refractivity contribution in [3.05, 3.63) is 17.5 Å². The van der Waals surface area contributed by atoms with Crippen LogP contribution in [0.1, 0.15) is 16.2 Å². The highest BCUT2D eigenvalue weighted by Crippen LogP contribution is 1.94. The van der Waals surface area contributed by atoms with Gasteiger partial charge in [-0.3, -0.25) is 9.89 Å². The lowest BCUT2D eigenvalue weighted by atomic mass is 10.4. The minimum atomic E-state index is -0.476. The molecular weight excluding hydrogens is 118 g/mol. The summed E-state index contributed by atoms with van der Waals surface area (Å²) in [5.41, 5.74) is 6.04. The number of carbonyl (C=O) groups is 1. The largest absolute Gasteiger partial charge is 0.364 e. The Hall–Kier alpha value is -1.32. The van der Waals surface area contributed by atoms with Crippen molar-refractivity contribution in [2.24, 2.45) is 5.73 Å². The molecule has 0 atom stereocenters. The molecule has 0 spiro atoms. The van der Waals surface area contributed by atoms with E-state index in [4.69, 9.17) is 5.73 Å². The molecule has 1 aromatic heterocycles. The summed E-state index contributed by atoms with van der Waals surface area (Å²) in [5, 5.41) is 6.19.